The predicted molar refractivity (Wildman–Crippen MR) is 75.5 cm³/mol. The van der Waals surface area contributed by atoms with Crippen molar-refractivity contribution in [3.8, 4) is 0 Å². The van der Waals surface area contributed by atoms with Gasteiger partial charge in [0.25, 0.3) is 5.91 Å². The number of nitrogens with zero attached hydrogens (tertiary/aromatic N) is 5. The minimum absolute atomic E-state index is 0.0955. The van der Waals surface area contributed by atoms with Crippen LogP contribution >= 0.6 is 0 Å². The number of halogens is 1. The van der Waals surface area contributed by atoms with Gasteiger partial charge in [-0.2, -0.15) is 9.90 Å². The number of hydrogen-bond donors (Lipinski definition) is 0. The molecule has 0 unspecified atom stereocenters. The van der Waals surface area contributed by atoms with Gasteiger partial charge in [0.2, 0.25) is 0 Å². The van der Waals surface area contributed by atoms with Gasteiger partial charge in [-0.3, -0.25) is 4.79 Å². The number of piperazine rings is 1. The van der Waals surface area contributed by atoms with Crippen LogP contribution in [-0.2, 0) is 7.05 Å². The van der Waals surface area contributed by atoms with Crippen molar-refractivity contribution >= 4 is 11.6 Å². The van der Waals surface area contributed by atoms with Gasteiger partial charge in [0.05, 0.1) is 6.20 Å². The van der Waals surface area contributed by atoms with Crippen LogP contribution in [-0.4, -0.2) is 52.0 Å². The molecule has 2 aromatic rings. The van der Waals surface area contributed by atoms with E-state index in [0.717, 1.165) is 18.8 Å². The fraction of sp³-hybridized carbons (Fsp3) is 0.357. The molecule has 0 saturated carbocycles. The molecule has 110 valence electrons. The molecule has 0 bridgehead atoms. The van der Waals surface area contributed by atoms with Gasteiger partial charge in [0, 0.05) is 38.9 Å². The number of carbonyl (C=O) groups is 1. The van der Waals surface area contributed by atoms with Crippen LogP contribution in [0, 0.1) is 5.82 Å². The number of anilines is 1. The van der Waals surface area contributed by atoms with E-state index < -0.39 is 0 Å². The summed E-state index contributed by atoms with van der Waals surface area (Å²) in [6, 6.07) is 6.42. The average molecular weight is 289 g/mol. The Bertz CT molecular complexity index is 631. The Morgan fingerprint density at radius 1 is 1.14 bits per heavy atom. The van der Waals surface area contributed by atoms with E-state index in [1.165, 1.54) is 23.1 Å². The first-order valence-electron chi connectivity index (χ1n) is 6.79. The zero-order valence-corrected chi connectivity index (χ0v) is 11.7. The van der Waals surface area contributed by atoms with E-state index in [-0.39, 0.29) is 11.7 Å². The minimum Gasteiger partial charge on any atom is -0.368 e. The fourth-order valence-electron chi connectivity index (χ4n) is 2.43. The molecule has 1 fully saturated rings. The Morgan fingerprint density at radius 2 is 1.81 bits per heavy atom. The molecule has 1 saturated heterocycles. The van der Waals surface area contributed by atoms with Gasteiger partial charge < -0.3 is 9.80 Å². The largest absolute Gasteiger partial charge is 0.368 e. The molecule has 1 aliphatic heterocycles. The molecule has 0 radical (unpaired) electrons. The molecule has 1 amide bonds. The SMILES string of the molecule is Cn1ncc(C(=O)N2CCN(c3ccc(F)cc3)CC2)n1. The number of aromatic nitrogens is 3. The predicted octanol–water partition coefficient (Wildman–Crippen LogP) is 0.917. The summed E-state index contributed by atoms with van der Waals surface area (Å²) >= 11 is 0. The molecule has 1 aromatic heterocycles. The Labute approximate surface area is 121 Å². The maximum Gasteiger partial charge on any atom is 0.276 e. The summed E-state index contributed by atoms with van der Waals surface area (Å²) in [6.07, 6.45) is 1.48. The van der Waals surface area contributed by atoms with Crippen LogP contribution in [0.25, 0.3) is 0 Å². The van der Waals surface area contributed by atoms with E-state index in [4.69, 9.17) is 0 Å². The highest BCUT2D eigenvalue weighted by Crippen LogP contribution is 2.17. The molecule has 0 atom stereocenters. The summed E-state index contributed by atoms with van der Waals surface area (Å²) in [5.41, 5.74) is 1.34. The highest BCUT2D eigenvalue weighted by atomic mass is 19.1. The topological polar surface area (TPSA) is 54.3 Å². The van der Waals surface area contributed by atoms with Gasteiger partial charge in [0.15, 0.2) is 5.69 Å². The van der Waals surface area contributed by atoms with Gasteiger partial charge in [-0.25, -0.2) is 4.39 Å². The molecule has 2 heterocycles. The first-order chi connectivity index (χ1) is 10.1. The zero-order valence-electron chi connectivity index (χ0n) is 11.7. The lowest BCUT2D eigenvalue weighted by atomic mass is 10.2. The van der Waals surface area contributed by atoms with Gasteiger partial charge in [-0.15, -0.1) is 5.10 Å². The quantitative estimate of drug-likeness (QED) is 0.825. The van der Waals surface area contributed by atoms with E-state index in [1.54, 1.807) is 24.1 Å². The van der Waals surface area contributed by atoms with Gasteiger partial charge in [-0.05, 0) is 24.3 Å². The van der Waals surface area contributed by atoms with E-state index in [0.29, 0.717) is 18.8 Å². The lowest BCUT2D eigenvalue weighted by Crippen LogP contribution is -2.48. The van der Waals surface area contributed by atoms with Crippen molar-refractivity contribution in [1.29, 1.82) is 0 Å². The van der Waals surface area contributed by atoms with Crippen LogP contribution in [0.15, 0.2) is 30.5 Å². The molecule has 21 heavy (non-hydrogen) atoms. The Balaban J connectivity index is 1.62. The first kappa shape index (κ1) is 13.5. The van der Waals surface area contributed by atoms with Crippen LogP contribution in [0.4, 0.5) is 10.1 Å². The normalized spacial score (nSPS) is 15.3. The second-order valence-electron chi connectivity index (χ2n) is 4.97. The van der Waals surface area contributed by atoms with Crippen molar-refractivity contribution in [3.05, 3.63) is 42.0 Å². The smallest absolute Gasteiger partial charge is 0.276 e. The standard InChI is InChI=1S/C14H16FN5O/c1-18-16-10-13(17-18)14(21)20-8-6-19(7-9-20)12-4-2-11(15)3-5-12/h2-5,10H,6-9H2,1H3. The van der Waals surface area contributed by atoms with E-state index in [2.05, 4.69) is 15.1 Å². The molecular weight excluding hydrogens is 273 g/mol. The highest BCUT2D eigenvalue weighted by molar-refractivity contribution is 5.92. The first-order valence-corrected chi connectivity index (χ1v) is 6.79. The third kappa shape index (κ3) is 2.86. The second kappa shape index (κ2) is 5.51. The van der Waals surface area contributed by atoms with Crippen LogP contribution in [0.3, 0.4) is 0 Å². The van der Waals surface area contributed by atoms with E-state index in [9.17, 15) is 9.18 Å². The Hall–Kier alpha value is -2.44. The van der Waals surface area contributed by atoms with Gasteiger partial charge in [-0.1, -0.05) is 0 Å². The molecule has 6 nitrogen and oxygen atoms in total. The summed E-state index contributed by atoms with van der Waals surface area (Å²) in [5.74, 6) is -0.336. The van der Waals surface area contributed by atoms with Crippen molar-refractivity contribution in [1.82, 2.24) is 19.9 Å². The number of amides is 1. The van der Waals surface area contributed by atoms with Crippen molar-refractivity contribution in [2.75, 3.05) is 31.1 Å². The maximum absolute atomic E-state index is 12.9. The van der Waals surface area contributed by atoms with Crippen LogP contribution in [0.5, 0.6) is 0 Å². The summed E-state index contributed by atoms with van der Waals surface area (Å²) in [6.45, 7) is 2.68. The van der Waals surface area contributed by atoms with Gasteiger partial charge >= 0.3 is 0 Å². The third-order valence-electron chi connectivity index (χ3n) is 3.58. The Kier molecular flexibility index (Phi) is 3.55. The summed E-state index contributed by atoms with van der Waals surface area (Å²) in [7, 11) is 1.68. The van der Waals surface area contributed by atoms with Crippen LogP contribution in [0.1, 0.15) is 10.5 Å². The number of hydrogen-bond acceptors (Lipinski definition) is 4. The fourth-order valence-corrected chi connectivity index (χ4v) is 2.43. The van der Waals surface area contributed by atoms with Crippen molar-refractivity contribution in [2.45, 2.75) is 0 Å². The maximum atomic E-state index is 12.9. The molecule has 3 rings (SSSR count). The monoisotopic (exact) mass is 289 g/mol. The lowest BCUT2D eigenvalue weighted by Gasteiger charge is -2.35. The minimum atomic E-state index is -0.241. The van der Waals surface area contributed by atoms with Gasteiger partial charge in [0.1, 0.15) is 5.82 Å². The number of benzene rings is 1. The van der Waals surface area contributed by atoms with E-state index >= 15 is 0 Å². The van der Waals surface area contributed by atoms with Crippen LogP contribution in [0.2, 0.25) is 0 Å². The average Bonchev–Trinajstić information content (AvgIpc) is 2.94. The molecular formula is C14H16FN5O. The third-order valence-corrected chi connectivity index (χ3v) is 3.58. The molecule has 1 aliphatic rings. The number of aryl methyl sites for hydroxylation is 1. The summed E-state index contributed by atoms with van der Waals surface area (Å²) in [5, 5.41) is 7.95. The second-order valence-corrected chi connectivity index (χ2v) is 4.97. The lowest BCUT2D eigenvalue weighted by molar-refractivity contribution is 0.0740. The van der Waals surface area contributed by atoms with Crippen molar-refractivity contribution in [3.63, 3.8) is 0 Å². The number of rotatable bonds is 2. The summed E-state index contributed by atoms with van der Waals surface area (Å²) < 4.78 is 12.9. The molecule has 0 spiro atoms. The molecule has 7 heteroatoms. The molecule has 1 aromatic carbocycles. The number of carbonyl (C=O) groups excluding carboxylic acids is 1. The molecule has 0 aliphatic carbocycles. The van der Waals surface area contributed by atoms with E-state index in [1.807, 2.05) is 0 Å². The highest BCUT2D eigenvalue weighted by Gasteiger charge is 2.24. The van der Waals surface area contributed by atoms with Crippen LogP contribution < -0.4 is 4.90 Å². The Morgan fingerprint density at radius 3 is 2.38 bits per heavy atom. The van der Waals surface area contributed by atoms with Crippen molar-refractivity contribution in [2.24, 2.45) is 7.05 Å². The molecule has 0 N–H and O–H groups in total. The summed E-state index contributed by atoms with van der Waals surface area (Å²) in [4.78, 5) is 17.5. The zero-order chi connectivity index (χ0) is 14.8. The van der Waals surface area contributed by atoms with Crippen molar-refractivity contribution < 1.29 is 9.18 Å².